The van der Waals surface area contributed by atoms with Crippen LogP contribution in [0.25, 0.3) is 17.1 Å². The van der Waals surface area contributed by atoms with E-state index in [0.29, 0.717) is 28.3 Å². The van der Waals surface area contributed by atoms with Crippen LogP contribution >= 0.6 is 11.8 Å². The van der Waals surface area contributed by atoms with E-state index in [1.165, 1.54) is 30.4 Å². The van der Waals surface area contributed by atoms with E-state index in [2.05, 4.69) is 20.5 Å². The first-order valence-corrected chi connectivity index (χ1v) is 11.3. The first-order valence-electron chi connectivity index (χ1n) is 10.3. The van der Waals surface area contributed by atoms with Gasteiger partial charge in [0.15, 0.2) is 16.7 Å². The molecule has 8 nitrogen and oxygen atoms in total. The van der Waals surface area contributed by atoms with Gasteiger partial charge in [-0.2, -0.15) is 0 Å². The van der Waals surface area contributed by atoms with Gasteiger partial charge in [-0.05, 0) is 24.3 Å². The van der Waals surface area contributed by atoms with Crippen molar-refractivity contribution in [2.75, 3.05) is 0 Å². The highest BCUT2D eigenvalue weighted by molar-refractivity contribution is 7.98. The van der Waals surface area contributed by atoms with Crippen LogP contribution in [0.4, 0.5) is 4.39 Å². The minimum Gasteiger partial charge on any atom is -0.467 e. The molecule has 10 heteroatoms. The number of carbonyl (C=O) groups is 1. The largest absolute Gasteiger partial charge is 0.467 e. The van der Waals surface area contributed by atoms with Crippen LogP contribution in [0.5, 0.6) is 0 Å². The van der Waals surface area contributed by atoms with Gasteiger partial charge in [-0.15, -0.1) is 10.2 Å². The lowest BCUT2D eigenvalue weighted by Gasteiger charge is -2.10. The Hall–Kier alpha value is -4.18. The number of hydrogen-bond acceptors (Lipinski definition) is 7. The van der Waals surface area contributed by atoms with Gasteiger partial charge >= 0.3 is 0 Å². The Balaban J connectivity index is 1.35. The summed E-state index contributed by atoms with van der Waals surface area (Å²) in [6.45, 7) is 0.247. The average molecular weight is 476 g/mol. The Morgan fingerprint density at radius 2 is 1.82 bits per heavy atom. The summed E-state index contributed by atoms with van der Waals surface area (Å²) < 4.78 is 27.0. The number of rotatable bonds is 8. The lowest BCUT2D eigenvalue weighted by molar-refractivity contribution is 0.0943. The number of benzene rings is 2. The molecule has 34 heavy (non-hydrogen) atoms. The van der Waals surface area contributed by atoms with Crippen LogP contribution in [0, 0.1) is 5.82 Å². The number of aromatic nitrogens is 4. The molecule has 2 aromatic carbocycles. The van der Waals surface area contributed by atoms with Crippen molar-refractivity contribution in [1.82, 2.24) is 25.1 Å². The minimum atomic E-state index is -0.395. The zero-order chi connectivity index (χ0) is 23.3. The van der Waals surface area contributed by atoms with Gasteiger partial charge in [-0.3, -0.25) is 9.36 Å². The summed E-state index contributed by atoms with van der Waals surface area (Å²) in [5, 5.41) is 11.8. The smallest absolute Gasteiger partial charge is 0.273 e. The van der Waals surface area contributed by atoms with E-state index in [-0.39, 0.29) is 23.9 Å². The molecule has 0 unspecified atom stereocenters. The molecule has 0 aliphatic heterocycles. The molecule has 5 rings (SSSR count). The summed E-state index contributed by atoms with van der Waals surface area (Å²) in [6, 6.07) is 19.4. The molecule has 0 saturated carbocycles. The number of amides is 1. The Bertz CT molecular complexity index is 1400. The standard InChI is InChI=1S/C24H18FN5O3S/c25-18-10-4-5-11-20(18)30-22(16-7-2-1-3-8-16)28-29-24(30)34-15-21-27-19(14-33-21)23(31)26-13-17-9-6-12-32-17/h1-12,14H,13,15H2,(H,26,31). The van der Waals surface area contributed by atoms with Crippen LogP contribution in [-0.2, 0) is 12.3 Å². The summed E-state index contributed by atoms with van der Waals surface area (Å²) in [4.78, 5) is 16.6. The molecule has 0 aliphatic rings. The number of furan rings is 1. The summed E-state index contributed by atoms with van der Waals surface area (Å²) in [6.07, 6.45) is 2.83. The quantitative estimate of drug-likeness (QED) is 0.320. The zero-order valence-electron chi connectivity index (χ0n) is 17.7. The van der Waals surface area contributed by atoms with E-state index in [0.717, 1.165) is 5.56 Å². The van der Waals surface area contributed by atoms with Crippen molar-refractivity contribution >= 4 is 17.7 Å². The summed E-state index contributed by atoms with van der Waals surface area (Å²) in [5.41, 5.74) is 1.29. The fourth-order valence-electron chi connectivity index (χ4n) is 3.27. The lowest BCUT2D eigenvalue weighted by Crippen LogP contribution is -2.22. The molecule has 0 radical (unpaired) electrons. The van der Waals surface area contributed by atoms with Gasteiger partial charge < -0.3 is 14.2 Å². The van der Waals surface area contributed by atoms with Crippen LogP contribution < -0.4 is 5.32 Å². The van der Waals surface area contributed by atoms with E-state index < -0.39 is 5.82 Å². The van der Waals surface area contributed by atoms with Gasteiger partial charge in [0.05, 0.1) is 24.2 Å². The number of para-hydroxylation sites is 1. The number of nitrogens with one attached hydrogen (secondary N) is 1. The average Bonchev–Trinajstić information content (AvgIpc) is 3.63. The van der Waals surface area contributed by atoms with Gasteiger partial charge in [0.2, 0.25) is 5.89 Å². The molecular weight excluding hydrogens is 457 g/mol. The van der Waals surface area contributed by atoms with Crippen molar-refractivity contribution in [3.8, 4) is 17.1 Å². The topological polar surface area (TPSA) is 99.0 Å². The van der Waals surface area contributed by atoms with Crippen molar-refractivity contribution in [3.63, 3.8) is 0 Å². The molecule has 0 aliphatic carbocycles. The number of halogens is 1. The van der Waals surface area contributed by atoms with Gasteiger partial charge in [-0.25, -0.2) is 9.37 Å². The highest BCUT2D eigenvalue weighted by Gasteiger charge is 2.20. The molecule has 0 fully saturated rings. The maximum Gasteiger partial charge on any atom is 0.273 e. The molecule has 0 saturated heterocycles. The number of carbonyl (C=O) groups excluding carboxylic acids is 1. The maximum atomic E-state index is 14.7. The Kier molecular flexibility index (Phi) is 6.21. The van der Waals surface area contributed by atoms with Crippen LogP contribution in [0.2, 0.25) is 0 Å². The second-order valence-electron chi connectivity index (χ2n) is 7.14. The van der Waals surface area contributed by atoms with Crippen LogP contribution in [0.15, 0.2) is 93.2 Å². The normalized spacial score (nSPS) is 11.0. The van der Waals surface area contributed by atoms with Gasteiger partial charge in [0.1, 0.15) is 17.8 Å². The number of hydrogen-bond donors (Lipinski definition) is 1. The van der Waals surface area contributed by atoms with Gasteiger partial charge in [0.25, 0.3) is 5.91 Å². The molecule has 1 amide bonds. The second-order valence-corrected chi connectivity index (χ2v) is 8.08. The maximum absolute atomic E-state index is 14.7. The first-order chi connectivity index (χ1) is 16.7. The lowest BCUT2D eigenvalue weighted by atomic mass is 10.2. The van der Waals surface area contributed by atoms with E-state index in [9.17, 15) is 9.18 Å². The summed E-state index contributed by atoms with van der Waals surface area (Å²) >= 11 is 1.28. The van der Waals surface area contributed by atoms with Gasteiger partial charge in [0, 0.05) is 5.56 Å². The summed E-state index contributed by atoms with van der Waals surface area (Å²) in [7, 11) is 0. The molecule has 3 aromatic heterocycles. The van der Waals surface area contributed by atoms with E-state index in [1.807, 2.05) is 30.3 Å². The monoisotopic (exact) mass is 475 g/mol. The molecular formula is C24H18FN5O3S. The third-order valence-electron chi connectivity index (χ3n) is 4.87. The molecule has 5 aromatic rings. The first kappa shape index (κ1) is 21.7. The Labute approximate surface area is 197 Å². The number of nitrogens with zero attached hydrogens (tertiary/aromatic N) is 4. The molecule has 0 bridgehead atoms. The third-order valence-corrected chi connectivity index (χ3v) is 5.78. The van der Waals surface area contributed by atoms with E-state index in [1.54, 1.807) is 34.9 Å². The fourth-order valence-corrected chi connectivity index (χ4v) is 4.06. The van der Waals surface area contributed by atoms with E-state index >= 15 is 0 Å². The predicted octanol–water partition coefficient (Wildman–Crippen LogP) is 4.88. The predicted molar refractivity (Wildman–Crippen MR) is 123 cm³/mol. The highest BCUT2D eigenvalue weighted by Crippen LogP contribution is 2.30. The van der Waals surface area contributed by atoms with Crippen molar-refractivity contribution in [2.24, 2.45) is 0 Å². The number of oxazole rings is 1. The van der Waals surface area contributed by atoms with Gasteiger partial charge in [-0.1, -0.05) is 54.2 Å². The molecule has 1 N–H and O–H groups in total. The Morgan fingerprint density at radius 3 is 2.62 bits per heavy atom. The van der Waals surface area contributed by atoms with E-state index in [4.69, 9.17) is 8.83 Å². The van der Waals surface area contributed by atoms with Crippen LogP contribution in [0.3, 0.4) is 0 Å². The summed E-state index contributed by atoms with van der Waals surface area (Å²) in [5.74, 6) is 0.975. The Morgan fingerprint density at radius 1 is 1.00 bits per heavy atom. The van der Waals surface area contributed by atoms with Crippen LogP contribution in [0.1, 0.15) is 22.1 Å². The fraction of sp³-hybridized carbons (Fsp3) is 0.0833. The third kappa shape index (κ3) is 4.62. The van der Waals surface area contributed by atoms with Crippen molar-refractivity contribution in [2.45, 2.75) is 17.5 Å². The minimum absolute atomic E-state index is 0.155. The van der Waals surface area contributed by atoms with Crippen molar-refractivity contribution < 1.29 is 18.0 Å². The number of thioether (sulfide) groups is 1. The highest BCUT2D eigenvalue weighted by atomic mass is 32.2. The molecule has 0 atom stereocenters. The SMILES string of the molecule is O=C(NCc1ccco1)c1coc(CSc2nnc(-c3ccccc3)n2-c2ccccc2F)n1. The molecule has 3 heterocycles. The van der Waals surface area contributed by atoms with Crippen molar-refractivity contribution in [3.05, 3.63) is 102 Å². The second kappa shape index (κ2) is 9.75. The molecule has 0 spiro atoms. The zero-order valence-corrected chi connectivity index (χ0v) is 18.5. The molecule has 170 valence electrons. The van der Waals surface area contributed by atoms with Crippen molar-refractivity contribution in [1.29, 1.82) is 0 Å². The van der Waals surface area contributed by atoms with Crippen LogP contribution in [-0.4, -0.2) is 25.7 Å².